The van der Waals surface area contributed by atoms with E-state index in [2.05, 4.69) is 143 Å². The van der Waals surface area contributed by atoms with Gasteiger partial charge in [-0.05, 0) is 148 Å². The third-order valence-corrected chi connectivity index (χ3v) is 16.6. The van der Waals surface area contributed by atoms with E-state index in [0.29, 0.717) is 81.0 Å². The Balaban J connectivity index is 1.52. The standard InChI is InChI=1S/C56H85Cl2N3/c1-16-36(7)28-44(17-2)48(35(5)6)33-55(14,15)32-37(8)22-20-21-23-45-25-26-46-47(38(9)24-27-49(46)56(45,19-4)41(12)51(59)18-3)31-43-29-39(10)53(40(11)30-43)61-42(13)54-52(58)50(57)34-60-54/h18,20-21,25-26,32-34,36,38-40,43-47,49,53,59-61H,3,5,12-13,16-17,19,22-24,27-31H2,1-2,4,6-11,14-15H3/b21-20+,37-32+,48-33-,59-51?. The van der Waals surface area contributed by atoms with Crippen LogP contribution < -0.4 is 5.32 Å². The fourth-order valence-electron chi connectivity index (χ4n) is 12.5. The lowest BCUT2D eigenvalue weighted by atomic mass is 9.47. The third-order valence-electron chi connectivity index (χ3n) is 15.8. The maximum atomic E-state index is 9.08. The zero-order valence-corrected chi connectivity index (χ0v) is 41.8. The van der Waals surface area contributed by atoms with Crippen LogP contribution in [-0.4, -0.2) is 16.7 Å². The molecule has 3 N–H and O–H groups in total. The minimum absolute atomic E-state index is 0.0564. The van der Waals surface area contributed by atoms with Gasteiger partial charge in [-0.15, -0.1) is 0 Å². The van der Waals surface area contributed by atoms with Crippen molar-refractivity contribution in [2.24, 2.45) is 70.0 Å². The molecule has 1 heterocycles. The maximum Gasteiger partial charge on any atom is 0.0862 e. The number of halogens is 2. The normalized spacial score (nSPS) is 30.7. The molecule has 338 valence electrons. The second kappa shape index (κ2) is 22.2. The van der Waals surface area contributed by atoms with E-state index in [4.69, 9.17) is 35.2 Å². The summed E-state index contributed by atoms with van der Waals surface area (Å²) < 4.78 is 0. The number of rotatable bonds is 21. The molecule has 3 aliphatic rings. The van der Waals surface area contributed by atoms with E-state index in [1.807, 2.05) is 0 Å². The van der Waals surface area contributed by atoms with Gasteiger partial charge in [0.2, 0.25) is 0 Å². The van der Waals surface area contributed by atoms with Gasteiger partial charge in [0.05, 0.1) is 27.1 Å². The fraction of sp³-hybridized carbons (Fsp3) is 0.625. The molecule has 0 saturated heterocycles. The average Bonchev–Trinajstić information content (AvgIpc) is 3.55. The van der Waals surface area contributed by atoms with E-state index in [1.165, 1.54) is 61.7 Å². The van der Waals surface area contributed by atoms with Crippen LogP contribution in [0.3, 0.4) is 0 Å². The van der Waals surface area contributed by atoms with Gasteiger partial charge >= 0.3 is 0 Å². The Bertz CT molecular complexity index is 1820. The summed E-state index contributed by atoms with van der Waals surface area (Å²) in [7, 11) is 0. The van der Waals surface area contributed by atoms with Gasteiger partial charge in [0, 0.05) is 23.1 Å². The van der Waals surface area contributed by atoms with Crippen molar-refractivity contribution in [3.8, 4) is 0 Å². The quantitative estimate of drug-likeness (QED) is 0.0643. The van der Waals surface area contributed by atoms with Crippen LogP contribution in [0.1, 0.15) is 152 Å². The Morgan fingerprint density at radius 2 is 1.66 bits per heavy atom. The van der Waals surface area contributed by atoms with Gasteiger partial charge in [-0.3, -0.25) is 0 Å². The predicted octanol–water partition coefficient (Wildman–Crippen LogP) is 17.2. The molecule has 1 aromatic heterocycles. The molecule has 0 radical (unpaired) electrons. The van der Waals surface area contributed by atoms with Crippen molar-refractivity contribution in [3.63, 3.8) is 0 Å². The lowest BCUT2D eigenvalue weighted by molar-refractivity contribution is -0.00381. The minimum Gasteiger partial charge on any atom is -0.381 e. The summed E-state index contributed by atoms with van der Waals surface area (Å²) in [6, 6.07) is 0.331. The summed E-state index contributed by atoms with van der Waals surface area (Å²) in [6.45, 7) is 43.4. The first-order chi connectivity index (χ1) is 28.7. The Morgan fingerprint density at radius 1 is 0.984 bits per heavy atom. The fourth-order valence-corrected chi connectivity index (χ4v) is 12.9. The van der Waals surface area contributed by atoms with Crippen molar-refractivity contribution < 1.29 is 0 Å². The number of nitrogens with one attached hydrogen (secondary N) is 3. The maximum absolute atomic E-state index is 9.08. The zero-order valence-electron chi connectivity index (χ0n) is 40.3. The van der Waals surface area contributed by atoms with E-state index >= 15 is 0 Å². The van der Waals surface area contributed by atoms with Gasteiger partial charge in [-0.2, -0.15) is 0 Å². The highest BCUT2D eigenvalue weighted by Crippen LogP contribution is 2.60. The topological polar surface area (TPSA) is 51.7 Å². The predicted molar refractivity (Wildman–Crippen MR) is 270 cm³/mol. The first-order valence-corrected chi connectivity index (χ1v) is 24.8. The van der Waals surface area contributed by atoms with Crippen molar-refractivity contribution in [3.05, 3.63) is 113 Å². The highest BCUT2D eigenvalue weighted by atomic mass is 35.5. The number of hydrogen-bond acceptors (Lipinski definition) is 2. The Kier molecular flexibility index (Phi) is 18.6. The largest absolute Gasteiger partial charge is 0.381 e. The van der Waals surface area contributed by atoms with E-state index in [9.17, 15) is 0 Å². The smallest absolute Gasteiger partial charge is 0.0862 e. The molecule has 0 bridgehead atoms. The lowest BCUT2D eigenvalue weighted by Crippen LogP contribution is -2.51. The van der Waals surface area contributed by atoms with E-state index in [0.717, 1.165) is 42.6 Å². The van der Waals surface area contributed by atoms with E-state index in [1.54, 1.807) is 12.3 Å². The van der Waals surface area contributed by atoms with Crippen LogP contribution in [0.4, 0.5) is 0 Å². The monoisotopic (exact) mass is 870 g/mol. The van der Waals surface area contributed by atoms with E-state index < -0.39 is 0 Å². The van der Waals surface area contributed by atoms with Crippen molar-refractivity contribution in [1.82, 2.24) is 10.3 Å². The molecule has 0 aromatic carbocycles. The summed E-state index contributed by atoms with van der Waals surface area (Å²) >= 11 is 12.7. The Hall–Kier alpha value is -2.75. The van der Waals surface area contributed by atoms with Crippen molar-refractivity contribution in [2.45, 2.75) is 153 Å². The molecule has 0 spiro atoms. The van der Waals surface area contributed by atoms with Crippen LogP contribution in [0, 0.1) is 75.4 Å². The van der Waals surface area contributed by atoms with Crippen molar-refractivity contribution >= 4 is 34.6 Å². The number of H-pyrrole nitrogens is 1. The summed E-state index contributed by atoms with van der Waals surface area (Å²) in [5.74, 6) is 5.49. The molecule has 5 heteroatoms. The Morgan fingerprint density at radius 3 is 2.21 bits per heavy atom. The first kappa shape index (κ1) is 50.9. The van der Waals surface area contributed by atoms with Crippen LogP contribution in [-0.2, 0) is 0 Å². The van der Waals surface area contributed by atoms with Gasteiger partial charge in [0.15, 0.2) is 0 Å². The number of allylic oxidation sites excluding steroid dienone is 11. The zero-order chi connectivity index (χ0) is 45.4. The van der Waals surface area contributed by atoms with Crippen LogP contribution in [0.5, 0.6) is 0 Å². The molecule has 1 aromatic rings. The molecule has 3 nitrogen and oxygen atoms in total. The highest BCUT2D eigenvalue weighted by molar-refractivity contribution is 6.43. The molecule has 4 rings (SSSR count). The molecular weight excluding hydrogens is 786 g/mol. The lowest BCUT2D eigenvalue weighted by Gasteiger charge is -2.57. The molecular formula is C56H85Cl2N3. The van der Waals surface area contributed by atoms with Crippen LogP contribution >= 0.6 is 23.2 Å². The summed E-state index contributed by atoms with van der Waals surface area (Å²) in [6.07, 6.45) is 31.0. The van der Waals surface area contributed by atoms with E-state index in [-0.39, 0.29) is 10.8 Å². The van der Waals surface area contributed by atoms with Gasteiger partial charge in [0.1, 0.15) is 0 Å². The van der Waals surface area contributed by atoms with Gasteiger partial charge in [-0.25, -0.2) is 0 Å². The Labute approximate surface area is 384 Å². The average molecular weight is 871 g/mol. The molecule has 61 heavy (non-hydrogen) atoms. The second-order valence-electron chi connectivity index (χ2n) is 20.8. The molecule has 3 aliphatic carbocycles. The van der Waals surface area contributed by atoms with Gasteiger partial charge in [-0.1, -0.05) is 172 Å². The minimum atomic E-state index is -0.167. The molecule has 10 unspecified atom stereocenters. The summed E-state index contributed by atoms with van der Waals surface area (Å²) in [5.41, 5.74) is 6.91. The second-order valence-corrected chi connectivity index (χ2v) is 21.6. The van der Waals surface area contributed by atoms with Crippen molar-refractivity contribution in [1.29, 1.82) is 5.41 Å². The molecule has 0 amide bonds. The SMILES string of the molecule is C=CC(=N)C(=C)C1(CC)C(C/C=C/C/C(C)=C/C(C)(C)/C=C(/C(=C)C)C(CC)CC(C)CC)C=CC2C(CC3CC(C)C(NC(=C)c4[nH]cc(Cl)c4Cl)C(C)C3)C(C)CCC21. The number of aromatic amines is 1. The number of hydrogen-bond donors (Lipinski definition) is 3. The van der Waals surface area contributed by atoms with Crippen LogP contribution in [0.15, 0.2) is 97.3 Å². The number of aromatic nitrogens is 1. The molecule has 0 aliphatic heterocycles. The summed E-state index contributed by atoms with van der Waals surface area (Å²) in [4.78, 5) is 3.20. The molecule has 2 fully saturated rings. The third kappa shape index (κ3) is 12.1. The van der Waals surface area contributed by atoms with Crippen LogP contribution in [0.25, 0.3) is 5.70 Å². The molecule has 2 saturated carbocycles. The van der Waals surface area contributed by atoms with Crippen LogP contribution in [0.2, 0.25) is 10.0 Å². The van der Waals surface area contributed by atoms with Gasteiger partial charge < -0.3 is 15.7 Å². The molecule has 10 atom stereocenters. The highest BCUT2D eigenvalue weighted by Gasteiger charge is 2.54. The van der Waals surface area contributed by atoms with Crippen molar-refractivity contribution in [2.75, 3.05) is 0 Å². The summed E-state index contributed by atoms with van der Waals surface area (Å²) in [5, 5.41) is 13.9. The number of fused-ring (bicyclic) bond motifs is 1. The first-order valence-electron chi connectivity index (χ1n) is 24.0. The van der Waals surface area contributed by atoms with Gasteiger partial charge in [0.25, 0.3) is 0 Å².